The van der Waals surface area contributed by atoms with Crippen LogP contribution in [0.25, 0.3) is 0 Å². The molecule has 10 heteroatoms. The van der Waals surface area contributed by atoms with Crippen molar-refractivity contribution in [2.75, 3.05) is 20.3 Å². The number of carbonyl (C=O) groups is 2. The Kier molecular flexibility index (Phi) is 7.20. The van der Waals surface area contributed by atoms with Gasteiger partial charge in [-0.15, -0.1) is 0 Å². The van der Waals surface area contributed by atoms with Crippen molar-refractivity contribution < 1.29 is 37.0 Å². The van der Waals surface area contributed by atoms with Crippen LogP contribution in [-0.4, -0.2) is 37.7 Å². The van der Waals surface area contributed by atoms with Crippen molar-refractivity contribution in [2.45, 2.75) is 43.9 Å². The molecule has 1 atom stereocenters. The first-order valence-corrected chi connectivity index (χ1v) is 11.4. The van der Waals surface area contributed by atoms with Gasteiger partial charge in [0.25, 0.3) is 0 Å². The SMILES string of the molecule is COc1ccc(Oc2ccc(CNC(=O)C3(NC(=O)CC4CC4)CCOC3)cc2)c(C(F)(F)F)c1. The summed E-state index contributed by atoms with van der Waals surface area (Å²) >= 11 is 0. The van der Waals surface area contributed by atoms with Crippen LogP contribution < -0.4 is 20.1 Å². The van der Waals surface area contributed by atoms with Gasteiger partial charge >= 0.3 is 6.18 Å². The summed E-state index contributed by atoms with van der Waals surface area (Å²) in [7, 11) is 1.29. The Morgan fingerprint density at radius 1 is 1.11 bits per heavy atom. The number of halogens is 3. The van der Waals surface area contributed by atoms with Crippen molar-refractivity contribution in [2.24, 2.45) is 5.92 Å². The molecule has 1 heterocycles. The molecule has 2 aliphatic rings. The van der Waals surface area contributed by atoms with E-state index >= 15 is 0 Å². The van der Waals surface area contributed by atoms with Crippen LogP contribution in [0, 0.1) is 5.92 Å². The van der Waals surface area contributed by atoms with Crippen molar-refractivity contribution in [3.63, 3.8) is 0 Å². The molecule has 2 aromatic carbocycles. The fraction of sp³-hybridized carbons (Fsp3) is 0.440. The van der Waals surface area contributed by atoms with Gasteiger partial charge in [-0.1, -0.05) is 12.1 Å². The maximum Gasteiger partial charge on any atom is 0.420 e. The minimum atomic E-state index is -4.61. The molecule has 2 aromatic rings. The normalized spacial score (nSPS) is 19.8. The van der Waals surface area contributed by atoms with E-state index in [1.165, 1.54) is 31.4 Å². The second-order valence-electron chi connectivity index (χ2n) is 8.87. The summed E-state index contributed by atoms with van der Waals surface area (Å²) in [5, 5.41) is 5.69. The van der Waals surface area contributed by atoms with Crippen molar-refractivity contribution in [3.8, 4) is 17.2 Å². The van der Waals surface area contributed by atoms with Gasteiger partial charge in [-0.3, -0.25) is 9.59 Å². The molecule has 0 spiro atoms. The van der Waals surface area contributed by atoms with Gasteiger partial charge in [-0.25, -0.2) is 0 Å². The lowest BCUT2D eigenvalue weighted by molar-refractivity contribution is -0.138. The Labute approximate surface area is 200 Å². The highest BCUT2D eigenvalue weighted by Gasteiger charge is 2.44. The van der Waals surface area contributed by atoms with E-state index in [-0.39, 0.29) is 42.2 Å². The van der Waals surface area contributed by atoms with Gasteiger partial charge in [0.05, 0.1) is 13.7 Å². The van der Waals surface area contributed by atoms with Crippen LogP contribution in [0.5, 0.6) is 17.2 Å². The Balaban J connectivity index is 1.37. The third-order valence-corrected chi connectivity index (χ3v) is 6.10. The molecule has 0 radical (unpaired) electrons. The lowest BCUT2D eigenvalue weighted by Crippen LogP contribution is -2.59. The molecule has 7 nitrogen and oxygen atoms in total. The number of carbonyl (C=O) groups excluding carboxylic acids is 2. The van der Waals surface area contributed by atoms with E-state index in [0.29, 0.717) is 25.4 Å². The Bertz CT molecular complexity index is 1060. The molecule has 1 aliphatic heterocycles. The molecule has 1 unspecified atom stereocenters. The van der Waals surface area contributed by atoms with Gasteiger partial charge in [0.1, 0.15) is 28.4 Å². The van der Waals surface area contributed by atoms with Gasteiger partial charge in [0.2, 0.25) is 11.8 Å². The van der Waals surface area contributed by atoms with Crippen LogP contribution in [0.4, 0.5) is 13.2 Å². The monoisotopic (exact) mass is 492 g/mol. The minimum Gasteiger partial charge on any atom is -0.497 e. The van der Waals surface area contributed by atoms with E-state index in [1.807, 2.05) is 0 Å². The fourth-order valence-corrected chi connectivity index (χ4v) is 3.90. The van der Waals surface area contributed by atoms with Crippen LogP contribution >= 0.6 is 0 Å². The molecule has 2 N–H and O–H groups in total. The van der Waals surface area contributed by atoms with E-state index in [9.17, 15) is 22.8 Å². The molecule has 2 fully saturated rings. The highest BCUT2D eigenvalue weighted by atomic mass is 19.4. The number of hydrogen-bond acceptors (Lipinski definition) is 5. The van der Waals surface area contributed by atoms with Gasteiger partial charge in [0, 0.05) is 26.0 Å². The summed E-state index contributed by atoms with van der Waals surface area (Å²) in [4.78, 5) is 25.2. The Morgan fingerprint density at radius 3 is 2.43 bits per heavy atom. The van der Waals surface area contributed by atoms with Gasteiger partial charge in [-0.2, -0.15) is 13.2 Å². The van der Waals surface area contributed by atoms with Crippen molar-refractivity contribution in [3.05, 3.63) is 53.6 Å². The topological polar surface area (TPSA) is 85.9 Å². The van der Waals surface area contributed by atoms with Gasteiger partial charge in [-0.05, 0) is 54.7 Å². The molecule has 1 saturated heterocycles. The van der Waals surface area contributed by atoms with Crippen LogP contribution in [0.15, 0.2) is 42.5 Å². The van der Waals surface area contributed by atoms with Crippen LogP contribution in [0.2, 0.25) is 0 Å². The molecule has 4 rings (SSSR count). The number of hydrogen-bond donors (Lipinski definition) is 2. The zero-order valence-corrected chi connectivity index (χ0v) is 19.2. The summed E-state index contributed by atoms with van der Waals surface area (Å²) in [5.74, 6) is -0.125. The number of nitrogens with one attached hydrogen (secondary N) is 2. The average Bonchev–Trinajstić information content (AvgIpc) is 3.51. The zero-order chi connectivity index (χ0) is 25.1. The Morgan fingerprint density at radius 2 is 1.83 bits per heavy atom. The van der Waals surface area contributed by atoms with E-state index in [1.54, 1.807) is 12.1 Å². The average molecular weight is 492 g/mol. The summed E-state index contributed by atoms with van der Waals surface area (Å²) in [6, 6.07) is 9.82. The number of amides is 2. The van der Waals surface area contributed by atoms with Crippen molar-refractivity contribution in [1.82, 2.24) is 10.6 Å². The quantitative estimate of drug-likeness (QED) is 0.548. The molecule has 1 aliphatic carbocycles. The summed E-state index contributed by atoms with van der Waals surface area (Å²) in [6.07, 6.45) is -1.72. The second-order valence-corrected chi connectivity index (χ2v) is 8.87. The third-order valence-electron chi connectivity index (χ3n) is 6.10. The number of rotatable bonds is 9. The molecule has 1 saturated carbocycles. The maximum atomic E-state index is 13.4. The predicted molar refractivity (Wildman–Crippen MR) is 120 cm³/mol. The highest BCUT2D eigenvalue weighted by molar-refractivity contribution is 5.92. The number of benzene rings is 2. The molecule has 0 aromatic heterocycles. The number of alkyl halides is 3. The van der Waals surface area contributed by atoms with E-state index in [2.05, 4.69) is 10.6 Å². The van der Waals surface area contributed by atoms with E-state index < -0.39 is 17.3 Å². The van der Waals surface area contributed by atoms with Gasteiger partial charge in [0.15, 0.2) is 0 Å². The molecule has 35 heavy (non-hydrogen) atoms. The van der Waals surface area contributed by atoms with Crippen molar-refractivity contribution in [1.29, 1.82) is 0 Å². The van der Waals surface area contributed by atoms with E-state index in [0.717, 1.165) is 24.5 Å². The molecular formula is C25H27F3N2O5. The first kappa shape index (κ1) is 24.8. The third kappa shape index (κ3) is 6.25. The summed E-state index contributed by atoms with van der Waals surface area (Å²) < 4.78 is 55.9. The van der Waals surface area contributed by atoms with Crippen molar-refractivity contribution >= 4 is 11.8 Å². The number of ether oxygens (including phenoxy) is 3. The highest BCUT2D eigenvalue weighted by Crippen LogP contribution is 2.40. The van der Waals surface area contributed by atoms with Crippen LogP contribution in [0.3, 0.4) is 0 Å². The van der Waals surface area contributed by atoms with Crippen LogP contribution in [-0.2, 0) is 27.0 Å². The lowest BCUT2D eigenvalue weighted by atomic mass is 9.96. The molecule has 2 amide bonds. The maximum absolute atomic E-state index is 13.4. The molecule has 0 bridgehead atoms. The lowest BCUT2D eigenvalue weighted by Gasteiger charge is -2.27. The summed E-state index contributed by atoms with van der Waals surface area (Å²) in [6.45, 7) is 0.676. The van der Waals surface area contributed by atoms with Crippen LogP contribution in [0.1, 0.15) is 36.8 Å². The fourth-order valence-electron chi connectivity index (χ4n) is 3.90. The first-order chi connectivity index (χ1) is 16.7. The molecule has 188 valence electrons. The smallest absolute Gasteiger partial charge is 0.420 e. The van der Waals surface area contributed by atoms with E-state index in [4.69, 9.17) is 14.2 Å². The minimum absolute atomic E-state index is 0.0740. The number of methoxy groups -OCH3 is 1. The first-order valence-electron chi connectivity index (χ1n) is 11.4. The molecular weight excluding hydrogens is 465 g/mol. The standard InChI is InChI=1S/C25H27F3N2O5/c1-33-19-8-9-21(20(13-19)25(26,27)28)35-18-6-4-17(5-7-18)14-29-23(32)24(10-11-34-15-24)30-22(31)12-16-2-3-16/h4-9,13,16H,2-3,10-12,14-15H2,1H3,(H,29,32)(H,30,31). The van der Waals surface area contributed by atoms with Gasteiger partial charge < -0.3 is 24.8 Å². The second kappa shape index (κ2) is 10.2. The predicted octanol–water partition coefficient (Wildman–Crippen LogP) is 4.20. The Hall–Kier alpha value is -3.27. The summed E-state index contributed by atoms with van der Waals surface area (Å²) in [5.41, 5.74) is -1.31. The zero-order valence-electron chi connectivity index (χ0n) is 19.2. The largest absolute Gasteiger partial charge is 0.497 e.